The van der Waals surface area contributed by atoms with E-state index in [1.807, 2.05) is 29.8 Å². The van der Waals surface area contributed by atoms with Gasteiger partial charge in [-0.25, -0.2) is 18.4 Å². The van der Waals surface area contributed by atoms with Crippen LogP contribution in [0.4, 0.5) is 14.5 Å². The molecule has 0 unspecified atom stereocenters. The van der Waals surface area contributed by atoms with Gasteiger partial charge in [0.25, 0.3) is 0 Å². The van der Waals surface area contributed by atoms with Crippen LogP contribution in [-0.2, 0) is 0 Å². The Morgan fingerprint density at radius 3 is 2.77 bits per heavy atom. The van der Waals surface area contributed by atoms with Crippen molar-refractivity contribution in [3.63, 3.8) is 0 Å². The first-order valence-electron chi connectivity index (χ1n) is 6.38. The lowest BCUT2D eigenvalue weighted by Gasteiger charge is -1.98. The number of benzene rings is 1. The molecule has 0 saturated carbocycles. The van der Waals surface area contributed by atoms with Crippen molar-refractivity contribution in [3.8, 4) is 0 Å². The number of thiophene rings is 1. The summed E-state index contributed by atoms with van der Waals surface area (Å²) in [5.74, 6) is -1.32. The number of hydrogen-bond acceptors (Lipinski definition) is 4. The Kier molecular flexibility index (Phi) is 4.26. The maximum absolute atomic E-state index is 13.7. The van der Waals surface area contributed by atoms with Gasteiger partial charge in [-0.3, -0.25) is 0 Å². The van der Waals surface area contributed by atoms with E-state index >= 15 is 0 Å². The number of thiazole rings is 1. The van der Waals surface area contributed by atoms with E-state index in [1.54, 1.807) is 22.2 Å². The molecule has 0 aliphatic heterocycles. The Hall–Kier alpha value is -2.12. The van der Waals surface area contributed by atoms with Crippen molar-refractivity contribution in [2.75, 3.05) is 0 Å². The first-order valence-corrected chi connectivity index (χ1v) is 8.14. The zero-order valence-electron chi connectivity index (χ0n) is 11.5. The fourth-order valence-electron chi connectivity index (χ4n) is 1.76. The van der Waals surface area contributed by atoms with E-state index in [-0.39, 0.29) is 5.69 Å². The summed E-state index contributed by atoms with van der Waals surface area (Å²) in [5.41, 5.74) is 0.974. The summed E-state index contributed by atoms with van der Waals surface area (Å²) in [6.45, 7) is 1.89. The second-order valence-corrected chi connectivity index (χ2v) is 6.25. The van der Waals surface area contributed by atoms with Gasteiger partial charge in [-0.15, -0.1) is 22.7 Å². The number of hydrogen-bond donors (Lipinski definition) is 0. The van der Waals surface area contributed by atoms with Crippen LogP contribution in [0.15, 0.2) is 51.2 Å². The molecular weight excluding hydrogens is 324 g/mol. The average molecular weight is 335 g/mol. The number of rotatable bonds is 3. The van der Waals surface area contributed by atoms with Gasteiger partial charge in [-0.05, 0) is 30.5 Å². The fraction of sp³-hybridized carbons (Fsp3) is 0.0667. The molecule has 0 amide bonds. The number of halogens is 2. The van der Waals surface area contributed by atoms with Gasteiger partial charge in [-0.1, -0.05) is 6.07 Å². The van der Waals surface area contributed by atoms with Crippen LogP contribution in [0.1, 0.15) is 10.6 Å². The fourth-order valence-corrected chi connectivity index (χ4v) is 3.15. The Morgan fingerprint density at radius 1 is 1.18 bits per heavy atom. The van der Waals surface area contributed by atoms with Gasteiger partial charge in [0.2, 0.25) is 4.80 Å². The molecule has 0 spiro atoms. The molecule has 7 heteroatoms. The van der Waals surface area contributed by atoms with Crippen LogP contribution in [-0.4, -0.2) is 10.9 Å². The largest absolute Gasteiger partial charge is 0.217 e. The number of aryl methyl sites for hydroxylation is 1. The molecule has 0 saturated heterocycles. The minimum absolute atomic E-state index is 0.0864. The molecule has 0 aliphatic carbocycles. The first kappa shape index (κ1) is 14.8. The molecule has 22 heavy (non-hydrogen) atoms. The van der Waals surface area contributed by atoms with Crippen molar-refractivity contribution in [2.45, 2.75) is 6.92 Å². The number of nitrogens with zero attached hydrogens (tertiary/aromatic N) is 3. The van der Waals surface area contributed by atoms with Gasteiger partial charge in [0.1, 0.15) is 11.5 Å². The van der Waals surface area contributed by atoms with Crippen LogP contribution < -0.4 is 4.80 Å². The van der Waals surface area contributed by atoms with Gasteiger partial charge < -0.3 is 0 Å². The maximum Gasteiger partial charge on any atom is 0.211 e. The zero-order chi connectivity index (χ0) is 15.5. The van der Waals surface area contributed by atoms with Gasteiger partial charge >= 0.3 is 0 Å². The summed E-state index contributed by atoms with van der Waals surface area (Å²) in [7, 11) is 0. The highest BCUT2D eigenvalue weighted by molar-refractivity contribution is 7.11. The summed E-state index contributed by atoms with van der Waals surface area (Å²) >= 11 is 2.92. The van der Waals surface area contributed by atoms with Gasteiger partial charge in [0.05, 0.1) is 11.9 Å². The van der Waals surface area contributed by atoms with E-state index in [9.17, 15) is 8.78 Å². The molecule has 0 fully saturated rings. The quantitative estimate of drug-likeness (QED) is 0.638. The van der Waals surface area contributed by atoms with Crippen LogP contribution in [0.25, 0.3) is 0 Å². The third-order valence-electron chi connectivity index (χ3n) is 2.82. The SMILES string of the molecule is Cc1csc(=Nc2ccc(F)cc2F)n1N=Cc1cccs1. The summed E-state index contributed by atoms with van der Waals surface area (Å²) in [5, 5.41) is 8.22. The molecule has 3 aromatic rings. The third kappa shape index (κ3) is 3.20. The average Bonchev–Trinajstić information content (AvgIpc) is 3.10. The second kappa shape index (κ2) is 6.33. The molecule has 0 radical (unpaired) electrons. The zero-order valence-corrected chi connectivity index (χ0v) is 13.2. The molecule has 0 atom stereocenters. The molecule has 2 heterocycles. The molecule has 0 bridgehead atoms. The Balaban J connectivity index is 2.03. The second-order valence-electron chi connectivity index (χ2n) is 4.44. The number of aromatic nitrogens is 1. The normalized spacial score (nSPS) is 12.4. The monoisotopic (exact) mass is 335 g/mol. The van der Waals surface area contributed by atoms with Crippen LogP contribution in [0.3, 0.4) is 0 Å². The Morgan fingerprint density at radius 2 is 2.05 bits per heavy atom. The van der Waals surface area contributed by atoms with Crippen LogP contribution >= 0.6 is 22.7 Å². The lowest BCUT2D eigenvalue weighted by atomic mass is 10.3. The predicted octanol–water partition coefficient (Wildman–Crippen LogP) is 4.31. The molecule has 1 aromatic carbocycles. The van der Waals surface area contributed by atoms with E-state index < -0.39 is 11.6 Å². The Labute approximate surface area is 133 Å². The summed E-state index contributed by atoms with van der Waals surface area (Å²) in [6.07, 6.45) is 1.73. The minimum Gasteiger partial charge on any atom is -0.217 e. The van der Waals surface area contributed by atoms with Crippen molar-refractivity contribution >= 4 is 34.6 Å². The van der Waals surface area contributed by atoms with E-state index in [2.05, 4.69) is 10.1 Å². The van der Waals surface area contributed by atoms with E-state index in [1.165, 1.54) is 23.5 Å². The highest BCUT2D eigenvalue weighted by Crippen LogP contribution is 2.18. The van der Waals surface area contributed by atoms with Crippen molar-refractivity contribution in [1.82, 2.24) is 4.68 Å². The lowest BCUT2D eigenvalue weighted by molar-refractivity contribution is 0.584. The van der Waals surface area contributed by atoms with Crippen molar-refractivity contribution < 1.29 is 8.78 Å². The molecular formula is C15H11F2N3S2. The van der Waals surface area contributed by atoms with E-state index in [4.69, 9.17) is 0 Å². The third-order valence-corrected chi connectivity index (χ3v) is 4.56. The molecule has 0 aliphatic rings. The maximum atomic E-state index is 13.7. The van der Waals surface area contributed by atoms with Crippen LogP contribution in [0.2, 0.25) is 0 Å². The van der Waals surface area contributed by atoms with E-state index in [0.717, 1.165) is 16.6 Å². The highest BCUT2D eigenvalue weighted by Gasteiger charge is 2.04. The highest BCUT2D eigenvalue weighted by atomic mass is 32.1. The lowest BCUT2D eigenvalue weighted by Crippen LogP contribution is -2.11. The molecule has 0 N–H and O–H groups in total. The summed E-state index contributed by atoms with van der Waals surface area (Å²) in [4.78, 5) is 5.77. The summed E-state index contributed by atoms with van der Waals surface area (Å²) < 4.78 is 28.3. The molecule has 2 aromatic heterocycles. The first-order chi connectivity index (χ1) is 10.6. The van der Waals surface area contributed by atoms with Crippen molar-refractivity contribution in [3.05, 3.63) is 68.1 Å². The topological polar surface area (TPSA) is 29.6 Å². The van der Waals surface area contributed by atoms with Gasteiger partial charge in [0.15, 0.2) is 5.82 Å². The smallest absolute Gasteiger partial charge is 0.211 e. The molecule has 3 nitrogen and oxygen atoms in total. The standard InChI is InChI=1S/C15H11F2N3S2/c1-10-9-22-15(19-14-5-4-11(16)7-13(14)17)20(10)18-8-12-3-2-6-21-12/h2-9H,1H3. The van der Waals surface area contributed by atoms with Gasteiger partial charge in [-0.2, -0.15) is 5.10 Å². The molecule has 112 valence electrons. The van der Waals surface area contributed by atoms with E-state index in [0.29, 0.717) is 4.80 Å². The van der Waals surface area contributed by atoms with Crippen LogP contribution in [0, 0.1) is 18.6 Å². The minimum atomic E-state index is -0.695. The predicted molar refractivity (Wildman–Crippen MR) is 85.9 cm³/mol. The van der Waals surface area contributed by atoms with Gasteiger partial charge in [0, 0.05) is 16.3 Å². The summed E-state index contributed by atoms with van der Waals surface area (Å²) in [6, 6.07) is 7.20. The Bertz CT molecular complexity index is 877. The van der Waals surface area contributed by atoms with Crippen LogP contribution in [0.5, 0.6) is 0 Å². The van der Waals surface area contributed by atoms with Crippen molar-refractivity contribution in [1.29, 1.82) is 0 Å². The van der Waals surface area contributed by atoms with Crippen molar-refractivity contribution in [2.24, 2.45) is 10.1 Å². The molecule has 3 rings (SSSR count).